The van der Waals surface area contributed by atoms with Gasteiger partial charge < -0.3 is 9.84 Å². The molecule has 1 unspecified atom stereocenters. The minimum atomic E-state index is -1.14. The molecule has 0 aromatic heterocycles. The monoisotopic (exact) mass is 424 g/mol. The molecule has 4 aliphatic rings. The summed E-state index contributed by atoms with van der Waals surface area (Å²) >= 11 is 6.60. The number of hydrogen-bond donors (Lipinski definition) is 1. The first-order valence-corrected chi connectivity index (χ1v) is 11.1. The molecule has 0 radical (unpaired) electrons. The van der Waals surface area contributed by atoms with Gasteiger partial charge in [0, 0.05) is 13.3 Å². The van der Waals surface area contributed by atoms with Crippen LogP contribution in [0.3, 0.4) is 0 Å². The number of rotatable bonds is 3. The summed E-state index contributed by atoms with van der Waals surface area (Å²) in [6.07, 6.45) is 4.61. The first-order chi connectivity index (χ1) is 13.6. The molecule has 8 atom stereocenters. The lowest BCUT2D eigenvalue weighted by atomic mass is 9.45. The Morgan fingerprint density at radius 1 is 1.41 bits per heavy atom. The molecule has 160 valence electrons. The summed E-state index contributed by atoms with van der Waals surface area (Å²) in [6, 6.07) is 0. The lowest BCUT2D eigenvalue weighted by Crippen LogP contribution is -2.58. The molecule has 0 spiro atoms. The molecule has 0 heterocycles. The molecule has 0 amide bonds. The van der Waals surface area contributed by atoms with Crippen LogP contribution in [0.1, 0.15) is 52.9 Å². The van der Waals surface area contributed by atoms with E-state index in [0.717, 1.165) is 12.0 Å². The van der Waals surface area contributed by atoms with Crippen LogP contribution >= 0.6 is 11.6 Å². The van der Waals surface area contributed by atoms with Gasteiger partial charge in [0.05, 0.1) is 11.5 Å². The number of halogens is 2. The van der Waals surface area contributed by atoms with Gasteiger partial charge >= 0.3 is 5.97 Å². The third-order valence-electron chi connectivity index (χ3n) is 8.28. The number of aliphatic hydroxyl groups is 1. The summed E-state index contributed by atoms with van der Waals surface area (Å²) in [5.41, 5.74) is 0.782. The summed E-state index contributed by atoms with van der Waals surface area (Å²) in [4.78, 5) is 23.1. The Morgan fingerprint density at radius 2 is 2.14 bits per heavy atom. The normalized spacial score (nSPS) is 44.8. The Balaban J connectivity index is 1.64. The molecule has 0 aromatic carbocycles. The number of aliphatic hydroxyl groups excluding tert-OH is 1. The van der Waals surface area contributed by atoms with Crippen molar-refractivity contribution in [2.75, 3.05) is 6.61 Å². The minimum absolute atomic E-state index is 0.00557. The van der Waals surface area contributed by atoms with Crippen molar-refractivity contribution in [2.45, 2.75) is 70.5 Å². The van der Waals surface area contributed by atoms with Crippen molar-refractivity contribution in [3.8, 4) is 0 Å². The SMILES string of the molecule is CC(=O)OCC(Cl)C1=CC[C@H]2[C@@H]3C[C@H](F)C4=CC(=O)CC[C@]4(C)[C@H]3[C@@H](O)C[C@]12C. The zero-order chi connectivity index (χ0) is 21.1. The highest BCUT2D eigenvalue weighted by atomic mass is 35.5. The zero-order valence-electron chi connectivity index (χ0n) is 17.3. The van der Waals surface area contributed by atoms with Crippen LogP contribution in [0.2, 0.25) is 0 Å². The second kappa shape index (κ2) is 7.19. The van der Waals surface area contributed by atoms with E-state index in [4.69, 9.17) is 16.3 Å². The number of ketones is 1. The molecule has 0 aromatic rings. The largest absolute Gasteiger partial charge is 0.464 e. The Kier molecular flexibility index (Phi) is 5.22. The number of esters is 1. The van der Waals surface area contributed by atoms with Crippen molar-refractivity contribution < 1.29 is 23.8 Å². The smallest absolute Gasteiger partial charge is 0.302 e. The quantitative estimate of drug-likeness (QED) is 0.420. The number of carbonyl (C=O) groups is 2. The average molecular weight is 425 g/mol. The Hall–Kier alpha value is -1.20. The number of fused-ring (bicyclic) bond motifs is 5. The minimum Gasteiger partial charge on any atom is -0.464 e. The zero-order valence-corrected chi connectivity index (χ0v) is 18.0. The maximum absolute atomic E-state index is 15.3. The molecule has 29 heavy (non-hydrogen) atoms. The van der Waals surface area contributed by atoms with E-state index >= 15 is 4.39 Å². The van der Waals surface area contributed by atoms with Crippen LogP contribution in [-0.2, 0) is 14.3 Å². The Bertz CT molecular complexity index is 792. The molecule has 6 heteroatoms. The molecule has 1 N–H and O–H groups in total. The topological polar surface area (TPSA) is 63.6 Å². The van der Waals surface area contributed by atoms with E-state index in [9.17, 15) is 14.7 Å². The van der Waals surface area contributed by atoms with Crippen molar-refractivity contribution in [3.05, 3.63) is 23.3 Å². The fourth-order valence-corrected chi connectivity index (χ4v) is 7.46. The van der Waals surface area contributed by atoms with Crippen LogP contribution in [0.25, 0.3) is 0 Å². The molecule has 2 fully saturated rings. The number of ether oxygens (including phenoxy) is 1. The van der Waals surface area contributed by atoms with Gasteiger partial charge in [0.1, 0.15) is 12.8 Å². The number of allylic oxidation sites excluding steroid dienone is 3. The standard InChI is InChI=1S/C23H30ClFO4/c1-12(26)29-11-18(24)16-5-4-15-14-9-19(25)17-8-13(27)6-7-22(17,2)21(14)20(28)10-23(15,16)3/h5,8,14-15,18-21,28H,4,6-7,9-11H2,1-3H3/t14-,15-,18?,19-,20-,21+,22-,23-/m0/s1. The third kappa shape index (κ3) is 3.20. The summed E-state index contributed by atoms with van der Waals surface area (Å²) < 4.78 is 20.4. The summed E-state index contributed by atoms with van der Waals surface area (Å²) in [5.74, 6) is -0.207. The van der Waals surface area contributed by atoms with Crippen LogP contribution in [0, 0.1) is 28.6 Å². The van der Waals surface area contributed by atoms with Gasteiger partial charge in [-0.05, 0) is 71.5 Å². The second-order valence-corrected chi connectivity index (χ2v) is 10.4. The van der Waals surface area contributed by atoms with Crippen LogP contribution in [0.4, 0.5) is 4.39 Å². The van der Waals surface area contributed by atoms with Gasteiger partial charge in [0.15, 0.2) is 5.78 Å². The van der Waals surface area contributed by atoms with E-state index in [0.29, 0.717) is 31.3 Å². The molecule has 0 bridgehead atoms. The number of alkyl halides is 2. The third-order valence-corrected chi connectivity index (χ3v) is 8.65. The van der Waals surface area contributed by atoms with E-state index in [-0.39, 0.29) is 41.5 Å². The van der Waals surface area contributed by atoms with E-state index in [1.165, 1.54) is 13.0 Å². The first kappa shape index (κ1) is 21.0. The van der Waals surface area contributed by atoms with Gasteiger partial charge in [-0.3, -0.25) is 9.59 Å². The lowest BCUT2D eigenvalue weighted by Gasteiger charge is -2.60. The van der Waals surface area contributed by atoms with Crippen LogP contribution in [0.15, 0.2) is 23.3 Å². The van der Waals surface area contributed by atoms with Gasteiger partial charge in [-0.15, -0.1) is 11.6 Å². The fraction of sp³-hybridized carbons (Fsp3) is 0.739. The van der Waals surface area contributed by atoms with Crippen molar-refractivity contribution in [3.63, 3.8) is 0 Å². The lowest BCUT2D eigenvalue weighted by molar-refractivity contribution is -0.141. The van der Waals surface area contributed by atoms with E-state index in [1.54, 1.807) is 0 Å². The molecule has 4 rings (SSSR count). The molecule has 4 nitrogen and oxygen atoms in total. The maximum Gasteiger partial charge on any atom is 0.302 e. The van der Waals surface area contributed by atoms with Gasteiger partial charge in [-0.25, -0.2) is 4.39 Å². The predicted molar refractivity (Wildman–Crippen MR) is 108 cm³/mol. The highest BCUT2D eigenvalue weighted by molar-refractivity contribution is 6.22. The van der Waals surface area contributed by atoms with Gasteiger partial charge in [-0.2, -0.15) is 0 Å². The Labute approximate surface area is 176 Å². The highest BCUT2D eigenvalue weighted by Gasteiger charge is 2.62. The van der Waals surface area contributed by atoms with E-state index in [1.807, 2.05) is 6.92 Å². The van der Waals surface area contributed by atoms with Crippen molar-refractivity contribution >= 4 is 23.4 Å². The second-order valence-electron chi connectivity index (χ2n) is 9.84. The van der Waals surface area contributed by atoms with Crippen molar-refractivity contribution in [1.82, 2.24) is 0 Å². The maximum atomic E-state index is 15.3. The molecule has 4 aliphatic carbocycles. The molecular weight excluding hydrogens is 395 g/mol. The summed E-state index contributed by atoms with van der Waals surface area (Å²) in [7, 11) is 0. The van der Waals surface area contributed by atoms with Crippen molar-refractivity contribution in [2.24, 2.45) is 28.6 Å². The Morgan fingerprint density at radius 3 is 2.83 bits per heavy atom. The molecule has 0 aliphatic heterocycles. The van der Waals surface area contributed by atoms with Crippen LogP contribution in [-0.4, -0.2) is 41.1 Å². The average Bonchev–Trinajstić information content (AvgIpc) is 2.97. The van der Waals surface area contributed by atoms with Gasteiger partial charge in [0.2, 0.25) is 0 Å². The van der Waals surface area contributed by atoms with E-state index in [2.05, 4.69) is 13.0 Å². The molecule has 0 saturated heterocycles. The summed E-state index contributed by atoms with van der Waals surface area (Å²) in [5, 5.41) is 10.9. The predicted octanol–water partition coefficient (Wildman–Crippen LogP) is 4.14. The molecular formula is C23H30ClFO4. The van der Waals surface area contributed by atoms with E-state index < -0.39 is 23.1 Å². The van der Waals surface area contributed by atoms with Gasteiger partial charge in [-0.1, -0.05) is 19.9 Å². The number of carbonyl (C=O) groups excluding carboxylic acids is 2. The highest BCUT2D eigenvalue weighted by Crippen LogP contribution is 2.66. The van der Waals surface area contributed by atoms with Crippen molar-refractivity contribution in [1.29, 1.82) is 0 Å². The number of hydrogen-bond acceptors (Lipinski definition) is 4. The summed E-state index contributed by atoms with van der Waals surface area (Å²) in [6.45, 7) is 5.61. The fourth-order valence-electron chi connectivity index (χ4n) is 7.06. The molecule has 2 saturated carbocycles. The van der Waals surface area contributed by atoms with Crippen LogP contribution < -0.4 is 0 Å². The first-order valence-electron chi connectivity index (χ1n) is 10.6. The van der Waals surface area contributed by atoms with Gasteiger partial charge in [0.25, 0.3) is 0 Å². The van der Waals surface area contributed by atoms with Crippen LogP contribution in [0.5, 0.6) is 0 Å².